The second-order valence-electron chi connectivity index (χ2n) is 13.0. The summed E-state index contributed by atoms with van der Waals surface area (Å²) >= 11 is 0. The van der Waals surface area contributed by atoms with Gasteiger partial charge in [-0.25, -0.2) is 20.1 Å². The highest BCUT2D eigenvalue weighted by molar-refractivity contribution is 8.32. The molecular formula is C40H38S2. The summed E-state index contributed by atoms with van der Waals surface area (Å²) in [5, 5.41) is 10.5. The van der Waals surface area contributed by atoms with Crippen LogP contribution in [0.25, 0.3) is 65.3 Å². The van der Waals surface area contributed by atoms with Gasteiger partial charge in [0.2, 0.25) is 0 Å². The molecule has 0 N–H and O–H groups in total. The lowest BCUT2D eigenvalue weighted by molar-refractivity contribution is 1.46. The van der Waals surface area contributed by atoms with Crippen LogP contribution in [-0.2, 0) is 0 Å². The molecular weight excluding hydrogens is 545 g/mol. The van der Waals surface area contributed by atoms with Crippen molar-refractivity contribution in [1.29, 1.82) is 0 Å². The third-order valence-electron chi connectivity index (χ3n) is 8.55. The third-order valence-corrected chi connectivity index (χ3v) is 11.9. The summed E-state index contributed by atoms with van der Waals surface area (Å²) in [5.74, 6) is 0. The summed E-state index contributed by atoms with van der Waals surface area (Å²) in [6, 6.07) is 46.0. The van der Waals surface area contributed by atoms with E-state index in [0.29, 0.717) is 0 Å². The SMILES string of the molecule is CS(C)(C)c1ccc2c(-c3ccc4ccccc4c3)c3cc(S(C)(C)C)ccc3c(-c3ccc4ccccc4c3)c2c1. The molecule has 7 aromatic carbocycles. The van der Waals surface area contributed by atoms with E-state index in [4.69, 9.17) is 0 Å². The van der Waals surface area contributed by atoms with E-state index in [2.05, 4.69) is 159 Å². The fourth-order valence-corrected chi connectivity index (χ4v) is 8.16. The van der Waals surface area contributed by atoms with E-state index in [1.807, 2.05) is 0 Å². The number of hydrogen-bond donors (Lipinski definition) is 0. The number of rotatable bonds is 4. The van der Waals surface area contributed by atoms with Gasteiger partial charge in [0.1, 0.15) is 0 Å². The maximum absolute atomic E-state index is 2.50. The van der Waals surface area contributed by atoms with E-state index < -0.39 is 20.1 Å². The smallest absolute Gasteiger partial charge is 0.00257 e. The van der Waals surface area contributed by atoms with Crippen LogP contribution in [-0.4, -0.2) is 37.5 Å². The first kappa shape index (κ1) is 27.1. The molecule has 7 rings (SSSR count). The van der Waals surface area contributed by atoms with Gasteiger partial charge in [-0.3, -0.25) is 0 Å². The first-order valence-electron chi connectivity index (χ1n) is 14.5. The number of hydrogen-bond acceptors (Lipinski definition) is 0. The van der Waals surface area contributed by atoms with Crippen LogP contribution in [0.15, 0.2) is 131 Å². The van der Waals surface area contributed by atoms with Crippen LogP contribution in [0, 0.1) is 0 Å². The molecule has 0 aromatic heterocycles. The zero-order valence-corrected chi connectivity index (χ0v) is 27.0. The summed E-state index contributed by atoms with van der Waals surface area (Å²) in [4.78, 5) is 2.88. The Morgan fingerprint density at radius 2 is 0.714 bits per heavy atom. The van der Waals surface area contributed by atoms with E-state index >= 15 is 0 Å². The van der Waals surface area contributed by atoms with Gasteiger partial charge in [-0.2, -0.15) is 0 Å². The largest absolute Gasteiger partial charge is 0.223 e. The molecule has 0 saturated carbocycles. The number of benzene rings is 7. The van der Waals surface area contributed by atoms with Gasteiger partial charge >= 0.3 is 0 Å². The highest BCUT2D eigenvalue weighted by Gasteiger charge is 2.21. The van der Waals surface area contributed by atoms with Crippen molar-refractivity contribution in [2.45, 2.75) is 9.79 Å². The molecule has 0 bridgehead atoms. The fraction of sp³-hybridized carbons (Fsp3) is 0.150. The minimum absolute atomic E-state index is 0.910. The molecule has 0 radical (unpaired) electrons. The van der Waals surface area contributed by atoms with Crippen molar-refractivity contribution in [3.8, 4) is 22.3 Å². The van der Waals surface area contributed by atoms with Crippen LogP contribution in [0.1, 0.15) is 0 Å². The molecule has 2 heteroatoms. The first-order valence-corrected chi connectivity index (χ1v) is 20.2. The van der Waals surface area contributed by atoms with E-state index in [1.54, 1.807) is 0 Å². The van der Waals surface area contributed by atoms with Gasteiger partial charge in [0.05, 0.1) is 0 Å². The van der Waals surface area contributed by atoms with Gasteiger partial charge in [-0.15, -0.1) is 0 Å². The van der Waals surface area contributed by atoms with Crippen molar-refractivity contribution < 1.29 is 0 Å². The highest BCUT2D eigenvalue weighted by Crippen LogP contribution is 2.52. The van der Waals surface area contributed by atoms with Gasteiger partial charge in [0.15, 0.2) is 0 Å². The molecule has 0 atom stereocenters. The average Bonchev–Trinajstić information content (AvgIpc) is 2.98. The summed E-state index contributed by atoms with van der Waals surface area (Å²) < 4.78 is 0. The van der Waals surface area contributed by atoms with Crippen LogP contribution in [0.4, 0.5) is 0 Å². The molecule has 0 fully saturated rings. The molecule has 0 aliphatic rings. The van der Waals surface area contributed by atoms with Crippen molar-refractivity contribution >= 4 is 63.1 Å². The monoisotopic (exact) mass is 582 g/mol. The Morgan fingerprint density at radius 1 is 0.333 bits per heavy atom. The second-order valence-corrected chi connectivity index (χ2v) is 21.3. The lowest BCUT2D eigenvalue weighted by atomic mass is 9.85. The van der Waals surface area contributed by atoms with Gasteiger partial charge in [-0.05, 0) is 149 Å². The maximum Gasteiger partial charge on any atom is -0.00257 e. The number of fused-ring (bicyclic) bond motifs is 4. The van der Waals surface area contributed by atoms with Crippen molar-refractivity contribution in [3.63, 3.8) is 0 Å². The van der Waals surface area contributed by atoms with Crippen LogP contribution < -0.4 is 0 Å². The molecule has 210 valence electrons. The Kier molecular flexibility index (Phi) is 6.42. The Labute approximate surface area is 253 Å². The van der Waals surface area contributed by atoms with Crippen LogP contribution >= 0.6 is 20.1 Å². The molecule has 0 aliphatic heterocycles. The molecule has 0 unspecified atom stereocenters. The Balaban J connectivity index is 1.67. The zero-order valence-electron chi connectivity index (χ0n) is 25.4. The lowest BCUT2D eigenvalue weighted by Crippen LogP contribution is -1.97. The maximum atomic E-state index is 2.50. The van der Waals surface area contributed by atoms with Crippen LogP contribution in [0.3, 0.4) is 0 Å². The molecule has 7 aromatic rings. The molecule has 0 spiro atoms. The Hall–Kier alpha value is -3.72. The molecule has 0 nitrogen and oxygen atoms in total. The van der Waals surface area contributed by atoms with Crippen molar-refractivity contribution in [1.82, 2.24) is 0 Å². The highest BCUT2D eigenvalue weighted by atomic mass is 32.3. The molecule has 0 aliphatic carbocycles. The predicted molar refractivity (Wildman–Crippen MR) is 195 cm³/mol. The zero-order chi connectivity index (χ0) is 29.2. The Bertz CT molecular complexity index is 2000. The van der Waals surface area contributed by atoms with Crippen molar-refractivity contribution in [2.75, 3.05) is 37.5 Å². The molecule has 0 amide bonds. The van der Waals surface area contributed by atoms with Crippen LogP contribution in [0.2, 0.25) is 0 Å². The van der Waals surface area contributed by atoms with E-state index in [0.717, 1.165) is 0 Å². The summed E-state index contributed by atoms with van der Waals surface area (Å²) in [6.07, 6.45) is 14.4. The second kappa shape index (κ2) is 9.93. The Morgan fingerprint density at radius 3 is 1.10 bits per heavy atom. The lowest BCUT2D eigenvalue weighted by Gasteiger charge is -2.29. The van der Waals surface area contributed by atoms with Gasteiger partial charge in [-0.1, -0.05) is 84.9 Å². The molecule has 0 heterocycles. The minimum atomic E-state index is -0.910. The van der Waals surface area contributed by atoms with Crippen LogP contribution in [0.5, 0.6) is 0 Å². The van der Waals surface area contributed by atoms with Crippen molar-refractivity contribution in [3.05, 3.63) is 121 Å². The predicted octanol–water partition coefficient (Wildman–Crippen LogP) is 11.7. The minimum Gasteiger partial charge on any atom is -0.223 e. The molecule has 0 saturated heterocycles. The van der Waals surface area contributed by atoms with Gasteiger partial charge in [0.25, 0.3) is 0 Å². The summed E-state index contributed by atoms with van der Waals surface area (Å²) in [5.41, 5.74) is 5.25. The first-order chi connectivity index (χ1) is 20.1. The summed E-state index contributed by atoms with van der Waals surface area (Å²) in [6.45, 7) is 0. The fourth-order valence-electron chi connectivity index (χ4n) is 6.26. The molecule has 42 heavy (non-hydrogen) atoms. The van der Waals surface area contributed by atoms with Gasteiger partial charge in [0, 0.05) is 0 Å². The topological polar surface area (TPSA) is 0 Å². The summed E-state index contributed by atoms with van der Waals surface area (Å²) in [7, 11) is -1.82. The normalized spacial score (nSPS) is 13.3. The van der Waals surface area contributed by atoms with E-state index in [9.17, 15) is 0 Å². The van der Waals surface area contributed by atoms with E-state index in [1.165, 1.54) is 75.1 Å². The standard InChI is InChI=1S/C40H38S2/c1-41(2,3)33-19-21-35-37(25-33)39(31-17-15-27-11-7-9-13-29(27)23-31)36-22-20-34(42(4,5)6)26-38(36)40(35)32-18-16-28-12-8-10-14-30(28)24-32/h7-26H,1-6H3. The third kappa shape index (κ3) is 4.68. The van der Waals surface area contributed by atoms with Crippen molar-refractivity contribution in [2.24, 2.45) is 0 Å². The quantitative estimate of drug-likeness (QED) is 0.181. The average molecular weight is 583 g/mol. The van der Waals surface area contributed by atoms with Gasteiger partial charge < -0.3 is 0 Å². The van der Waals surface area contributed by atoms with E-state index in [-0.39, 0.29) is 0 Å².